The zero-order chi connectivity index (χ0) is 17.2. The van der Waals surface area contributed by atoms with Gasteiger partial charge in [-0.1, -0.05) is 12.8 Å². The number of carbonyl (C=O) groups excluding carboxylic acids is 2. The Hall–Kier alpha value is -1.43. The summed E-state index contributed by atoms with van der Waals surface area (Å²) >= 11 is 1.57. The minimum Gasteiger partial charge on any atom is -0.353 e. The van der Waals surface area contributed by atoms with Crippen molar-refractivity contribution in [3.8, 4) is 0 Å². The summed E-state index contributed by atoms with van der Waals surface area (Å²) in [5, 5.41) is 6.15. The highest BCUT2D eigenvalue weighted by atomic mass is 32.1. The second-order valence-electron chi connectivity index (χ2n) is 7.47. The van der Waals surface area contributed by atoms with Crippen LogP contribution in [-0.2, 0) is 16.0 Å². The molecule has 2 fully saturated rings. The Kier molecular flexibility index (Phi) is 5.23. The van der Waals surface area contributed by atoms with Gasteiger partial charge in [-0.05, 0) is 39.5 Å². The number of piperidine rings is 1. The number of hydrogen-bond acceptors (Lipinski definition) is 4. The lowest BCUT2D eigenvalue weighted by Gasteiger charge is -2.39. The van der Waals surface area contributed by atoms with E-state index < -0.39 is 5.41 Å². The van der Waals surface area contributed by atoms with E-state index in [1.807, 2.05) is 24.1 Å². The highest BCUT2D eigenvalue weighted by molar-refractivity contribution is 7.09. The van der Waals surface area contributed by atoms with Gasteiger partial charge < -0.3 is 10.2 Å². The third-order valence-corrected chi connectivity index (χ3v) is 6.11. The summed E-state index contributed by atoms with van der Waals surface area (Å²) in [6.07, 6.45) is 6.67. The van der Waals surface area contributed by atoms with Gasteiger partial charge in [-0.25, -0.2) is 4.98 Å². The van der Waals surface area contributed by atoms with Crippen LogP contribution in [0, 0.1) is 12.3 Å². The van der Waals surface area contributed by atoms with Crippen molar-refractivity contribution >= 4 is 23.2 Å². The molecule has 1 saturated heterocycles. The summed E-state index contributed by atoms with van der Waals surface area (Å²) in [5.74, 6) is 0.205. The molecule has 1 aromatic rings. The number of likely N-dealkylation sites (tertiary alicyclic amines) is 1. The van der Waals surface area contributed by atoms with Gasteiger partial charge in [0.1, 0.15) is 0 Å². The number of aromatic nitrogens is 1. The zero-order valence-corrected chi connectivity index (χ0v) is 15.5. The average molecular weight is 350 g/mol. The highest BCUT2D eigenvalue weighted by Gasteiger charge is 2.40. The Morgan fingerprint density at radius 2 is 2.12 bits per heavy atom. The molecule has 1 aromatic heterocycles. The first-order valence-corrected chi connectivity index (χ1v) is 9.84. The summed E-state index contributed by atoms with van der Waals surface area (Å²) in [7, 11) is 0. The maximum atomic E-state index is 12.7. The molecule has 1 aliphatic carbocycles. The Morgan fingerprint density at radius 1 is 1.38 bits per heavy atom. The van der Waals surface area contributed by atoms with Crippen LogP contribution in [0.1, 0.15) is 56.2 Å². The molecule has 0 bridgehead atoms. The summed E-state index contributed by atoms with van der Waals surface area (Å²) in [4.78, 5) is 31.6. The second kappa shape index (κ2) is 7.21. The van der Waals surface area contributed by atoms with Gasteiger partial charge in [-0.2, -0.15) is 0 Å². The first-order valence-electron chi connectivity index (χ1n) is 8.96. The lowest BCUT2D eigenvalue weighted by Crippen LogP contribution is -2.53. The van der Waals surface area contributed by atoms with E-state index in [0.717, 1.165) is 42.9 Å². The molecule has 2 heterocycles. The van der Waals surface area contributed by atoms with E-state index in [2.05, 4.69) is 10.3 Å². The summed E-state index contributed by atoms with van der Waals surface area (Å²) in [6.45, 7) is 5.22. The molecular formula is C18H27N3O2S. The fraction of sp³-hybridized carbons (Fsp3) is 0.722. The predicted molar refractivity (Wildman–Crippen MR) is 94.9 cm³/mol. The van der Waals surface area contributed by atoms with E-state index in [-0.39, 0.29) is 11.8 Å². The molecule has 132 valence electrons. The maximum absolute atomic E-state index is 12.7. The van der Waals surface area contributed by atoms with Gasteiger partial charge in [-0.15, -0.1) is 11.3 Å². The number of amides is 2. The molecule has 0 unspecified atom stereocenters. The van der Waals surface area contributed by atoms with Crippen LogP contribution in [0.5, 0.6) is 0 Å². The van der Waals surface area contributed by atoms with Crippen molar-refractivity contribution in [1.29, 1.82) is 0 Å². The fourth-order valence-corrected chi connectivity index (χ4v) is 4.44. The van der Waals surface area contributed by atoms with Gasteiger partial charge in [0.05, 0.1) is 22.5 Å². The van der Waals surface area contributed by atoms with Crippen molar-refractivity contribution < 1.29 is 9.59 Å². The van der Waals surface area contributed by atoms with Crippen molar-refractivity contribution in [2.24, 2.45) is 5.41 Å². The van der Waals surface area contributed by atoms with E-state index in [9.17, 15) is 9.59 Å². The molecule has 5 nitrogen and oxygen atoms in total. The Labute approximate surface area is 147 Å². The van der Waals surface area contributed by atoms with Gasteiger partial charge in [0.25, 0.3) is 0 Å². The smallest absolute Gasteiger partial charge is 0.228 e. The van der Waals surface area contributed by atoms with Gasteiger partial charge in [0.2, 0.25) is 11.8 Å². The minimum absolute atomic E-state index is 0.0832. The van der Waals surface area contributed by atoms with Crippen LogP contribution in [0.15, 0.2) is 5.38 Å². The number of nitrogens with one attached hydrogen (secondary N) is 1. The normalized spacial score (nSPS) is 25.0. The van der Waals surface area contributed by atoms with E-state index in [0.29, 0.717) is 19.0 Å². The van der Waals surface area contributed by atoms with Crippen molar-refractivity contribution in [2.45, 2.75) is 64.8 Å². The van der Waals surface area contributed by atoms with Crippen molar-refractivity contribution in [2.75, 3.05) is 13.1 Å². The molecule has 24 heavy (non-hydrogen) atoms. The molecule has 1 atom stereocenters. The largest absolute Gasteiger partial charge is 0.353 e. The topological polar surface area (TPSA) is 62.3 Å². The molecule has 0 aromatic carbocycles. The third kappa shape index (κ3) is 3.97. The molecular weight excluding hydrogens is 322 g/mol. The monoisotopic (exact) mass is 349 g/mol. The highest BCUT2D eigenvalue weighted by Crippen LogP contribution is 2.31. The fourth-order valence-electron chi connectivity index (χ4n) is 3.82. The van der Waals surface area contributed by atoms with Crippen LogP contribution in [0.3, 0.4) is 0 Å². The minimum atomic E-state index is -0.464. The standard InChI is InChI=1S/C18H27N3O2S/c1-13-19-15(11-24-13)10-16(22)21-9-5-8-18(2,12-21)17(23)20-14-6-3-4-7-14/h11,14H,3-10,12H2,1-2H3,(H,20,23)/t18-/m1/s1. The zero-order valence-electron chi connectivity index (χ0n) is 14.6. The predicted octanol–water partition coefficient (Wildman–Crippen LogP) is 2.68. The van der Waals surface area contributed by atoms with E-state index in [4.69, 9.17) is 0 Å². The average Bonchev–Trinajstić information content (AvgIpc) is 3.19. The van der Waals surface area contributed by atoms with Gasteiger partial charge in [-0.3, -0.25) is 9.59 Å². The molecule has 1 N–H and O–H groups in total. The second-order valence-corrected chi connectivity index (χ2v) is 8.53. The summed E-state index contributed by atoms with van der Waals surface area (Å²) < 4.78 is 0. The molecule has 3 rings (SSSR count). The Morgan fingerprint density at radius 3 is 2.79 bits per heavy atom. The van der Waals surface area contributed by atoms with Crippen molar-refractivity contribution in [3.63, 3.8) is 0 Å². The van der Waals surface area contributed by atoms with Crippen LogP contribution in [0.25, 0.3) is 0 Å². The first-order chi connectivity index (χ1) is 11.5. The van der Waals surface area contributed by atoms with Gasteiger partial charge in [0, 0.05) is 24.5 Å². The van der Waals surface area contributed by atoms with Crippen molar-refractivity contribution in [3.05, 3.63) is 16.1 Å². The SMILES string of the molecule is Cc1nc(CC(=O)N2CCC[C@@](C)(C(=O)NC3CCCC3)C2)cs1. The Balaban J connectivity index is 1.59. The van der Waals surface area contributed by atoms with Crippen LogP contribution in [-0.4, -0.2) is 40.8 Å². The van der Waals surface area contributed by atoms with E-state index in [1.54, 1.807) is 11.3 Å². The first kappa shape index (κ1) is 17.4. The summed E-state index contributed by atoms with van der Waals surface area (Å²) in [6, 6.07) is 0.332. The van der Waals surface area contributed by atoms with Crippen LogP contribution in [0.2, 0.25) is 0 Å². The van der Waals surface area contributed by atoms with Crippen molar-refractivity contribution in [1.82, 2.24) is 15.2 Å². The molecule has 0 radical (unpaired) electrons. The number of aryl methyl sites for hydroxylation is 1. The molecule has 2 amide bonds. The van der Waals surface area contributed by atoms with Crippen LogP contribution >= 0.6 is 11.3 Å². The molecule has 1 aliphatic heterocycles. The van der Waals surface area contributed by atoms with Gasteiger partial charge >= 0.3 is 0 Å². The molecule has 2 aliphatic rings. The van der Waals surface area contributed by atoms with Crippen LogP contribution < -0.4 is 5.32 Å². The molecule has 6 heteroatoms. The lowest BCUT2D eigenvalue weighted by molar-refractivity contribution is -0.140. The number of thiazole rings is 1. The third-order valence-electron chi connectivity index (χ3n) is 5.29. The van der Waals surface area contributed by atoms with Gasteiger partial charge in [0.15, 0.2) is 0 Å². The lowest BCUT2D eigenvalue weighted by atomic mass is 9.80. The number of hydrogen-bond donors (Lipinski definition) is 1. The maximum Gasteiger partial charge on any atom is 0.228 e. The number of rotatable bonds is 4. The van der Waals surface area contributed by atoms with E-state index >= 15 is 0 Å². The molecule has 0 spiro atoms. The summed E-state index contributed by atoms with van der Waals surface area (Å²) in [5.41, 5.74) is 0.374. The quantitative estimate of drug-likeness (QED) is 0.909. The number of carbonyl (C=O) groups is 2. The molecule has 1 saturated carbocycles. The van der Waals surface area contributed by atoms with Crippen LogP contribution in [0.4, 0.5) is 0 Å². The number of nitrogens with zero attached hydrogens (tertiary/aromatic N) is 2. The Bertz CT molecular complexity index is 609. The van der Waals surface area contributed by atoms with E-state index in [1.165, 1.54) is 12.8 Å².